The summed E-state index contributed by atoms with van der Waals surface area (Å²) in [6, 6.07) is 12.8. The molecule has 0 radical (unpaired) electrons. The predicted octanol–water partition coefficient (Wildman–Crippen LogP) is 3.64. The second-order valence-electron chi connectivity index (χ2n) is 5.23. The molecular weight excluding hydrogens is 326 g/mol. The number of hydrogen-bond acceptors (Lipinski definition) is 4. The minimum absolute atomic E-state index is 0.0654. The van der Waals surface area contributed by atoms with Gasteiger partial charge in [0.15, 0.2) is 11.6 Å². The van der Waals surface area contributed by atoms with E-state index >= 15 is 0 Å². The predicted molar refractivity (Wildman–Crippen MR) is 88.5 cm³/mol. The van der Waals surface area contributed by atoms with Crippen molar-refractivity contribution in [1.82, 2.24) is 9.78 Å². The van der Waals surface area contributed by atoms with E-state index in [0.717, 1.165) is 23.6 Å². The van der Waals surface area contributed by atoms with Crippen LogP contribution in [0, 0.1) is 23.0 Å². The van der Waals surface area contributed by atoms with E-state index in [0.29, 0.717) is 5.69 Å². The van der Waals surface area contributed by atoms with Crippen LogP contribution in [0.1, 0.15) is 11.3 Å². The molecule has 5 nitrogen and oxygen atoms in total. The van der Waals surface area contributed by atoms with Crippen LogP contribution in [-0.4, -0.2) is 16.9 Å². The van der Waals surface area contributed by atoms with Gasteiger partial charge in [-0.05, 0) is 42.5 Å². The Morgan fingerprint density at radius 1 is 1.16 bits per heavy atom. The minimum atomic E-state index is -0.814. The number of ether oxygens (including phenoxy) is 1. The molecule has 3 aromatic rings. The lowest BCUT2D eigenvalue weighted by atomic mass is 10.2. The lowest BCUT2D eigenvalue weighted by Gasteiger charge is -2.08. The number of halogens is 2. The van der Waals surface area contributed by atoms with Gasteiger partial charge in [-0.15, -0.1) is 0 Å². The highest BCUT2D eigenvalue weighted by Gasteiger charge is 2.11. The third-order valence-electron chi connectivity index (χ3n) is 3.60. The maximum atomic E-state index is 13.9. The number of nitrogens with one attached hydrogen (secondary N) is 1. The van der Waals surface area contributed by atoms with Gasteiger partial charge in [0.25, 0.3) is 0 Å². The number of hydrogen-bond donors (Lipinski definition) is 1. The van der Waals surface area contributed by atoms with E-state index in [1.165, 1.54) is 0 Å². The van der Waals surface area contributed by atoms with Crippen molar-refractivity contribution < 1.29 is 13.5 Å². The van der Waals surface area contributed by atoms with Crippen LogP contribution in [0.2, 0.25) is 0 Å². The van der Waals surface area contributed by atoms with E-state index in [-0.39, 0.29) is 17.8 Å². The van der Waals surface area contributed by atoms with Crippen LogP contribution in [0.15, 0.2) is 48.7 Å². The molecule has 3 rings (SSSR count). The van der Waals surface area contributed by atoms with Gasteiger partial charge in [0.05, 0.1) is 36.7 Å². The smallest absolute Gasteiger partial charge is 0.150 e. The highest BCUT2D eigenvalue weighted by molar-refractivity contribution is 5.50. The third-order valence-corrected chi connectivity index (χ3v) is 3.60. The normalized spacial score (nSPS) is 10.3. The molecule has 0 bridgehead atoms. The summed E-state index contributed by atoms with van der Waals surface area (Å²) in [5.41, 5.74) is 1.10. The fourth-order valence-electron chi connectivity index (χ4n) is 2.32. The third kappa shape index (κ3) is 3.58. The highest BCUT2D eigenvalue weighted by atomic mass is 19.1. The number of nitrogens with zero attached hydrogens (tertiary/aromatic N) is 3. The van der Waals surface area contributed by atoms with Crippen LogP contribution in [0.5, 0.6) is 5.75 Å². The number of aromatic nitrogens is 2. The standard InChI is InChI=1S/C18H14F2N4O/c1-25-15-4-2-14(3-5-15)24-7-6-13(23-24)11-22-18-16(19)8-12(10-21)9-17(18)20/h2-9,22H,11H2,1H3. The molecule has 1 N–H and O–H groups in total. The summed E-state index contributed by atoms with van der Waals surface area (Å²) in [7, 11) is 1.59. The molecule has 0 saturated heterocycles. The van der Waals surface area contributed by atoms with Crippen molar-refractivity contribution in [3.63, 3.8) is 0 Å². The second kappa shape index (κ2) is 7.01. The molecule has 0 aliphatic heterocycles. The fourth-order valence-corrected chi connectivity index (χ4v) is 2.32. The second-order valence-corrected chi connectivity index (χ2v) is 5.23. The number of rotatable bonds is 5. The Balaban J connectivity index is 1.73. The summed E-state index contributed by atoms with van der Waals surface area (Å²) in [5, 5.41) is 15.7. The van der Waals surface area contributed by atoms with Gasteiger partial charge in [-0.3, -0.25) is 0 Å². The van der Waals surface area contributed by atoms with Gasteiger partial charge < -0.3 is 10.1 Å². The van der Waals surface area contributed by atoms with E-state index in [1.54, 1.807) is 30.1 Å². The van der Waals surface area contributed by atoms with Gasteiger partial charge in [0, 0.05) is 6.20 Å². The maximum Gasteiger partial charge on any atom is 0.150 e. The molecule has 0 saturated carbocycles. The van der Waals surface area contributed by atoms with Crippen LogP contribution in [0.3, 0.4) is 0 Å². The van der Waals surface area contributed by atoms with Gasteiger partial charge in [0.1, 0.15) is 11.4 Å². The summed E-state index contributed by atoms with van der Waals surface area (Å²) in [4.78, 5) is 0. The van der Waals surface area contributed by atoms with E-state index in [9.17, 15) is 8.78 Å². The quantitative estimate of drug-likeness (QED) is 0.770. The van der Waals surface area contributed by atoms with Crippen molar-refractivity contribution in [1.29, 1.82) is 5.26 Å². The molecular formula is C18H14F2N4O. The maximum absolute atomic E-state index is 13.9. The number of nitriles is 1. The van der Waals surface area contributed by atoms with E-state index in [1.807, 2.05) is 24.3 Å². The summed E-state index contributed by atoms with van der Waals surface area (Å²) in [6.45, 7) is 0.142. The van der Waals surface area contributed by atoms with Crippen molar-refractivity contribution >= 4 is 5.69 Å². The Morgan fingerprint density at radius 2 is 1.84 bits per heavy atom. The van der Waals surface area contributed by atoms with Crippen LogP contribution >= 0.6 is 0 Å². The zero-order valence-corrected chi connectivity index (χ0v) is 13.3. The summed E-state index contributed by atoms with van der Waals surface area (Å²) in [5.74, 6) is -0.887. The number of methoxy groups -OCH3 is 1. The first kappa shape index (κ1) is 16.5. The van der Waals surface area contributed by atoms with Crippen molar-refractivity contribution in [2.75, 3.05) is 12.4 Å². The SMILES string of the molecule is COc1ccc(-n2ccc(CNc3c(F)cc(C#N)cc3F)n2)cc1. The molecule has 126 valence electrons. The largest absolute Gasteiger partial charge is 0.497 e. The molecule has 0 aliphatic rings. The molecule has 0 aliphatic carbocycles. The highest BCUT2D eigenvalue weighted by Crippen LogP contribution is 2.21. The van der Waals surface area contributed by atoms with Crippen LogP contribution in [0.4, 0.5) is 14.5 Å². The first-order chi connectivity index (χ1) is 12.1. The molecule has 1 aromatic heterocycles. The average Bonchev–Trinajstić information content (AvgIpc) is 3.10. The molecule has 0 spiro atoms. The first-order valence-corrected chi connectivity index (χ1v) is 7.42. The summed E-state index contributed by atoms with van der Waals surface area (Å²) >= 11 is 0. The van der Waals surface area contributed by atoms with Crippen LogP contribution in [0.25, 0.3) is 5.69 Å². The van der Waals surface area contributed by atoms with Gasteiger partial charge in [-0.2, -0.15) is 10.4 Å². The molecule has 1 heterocycles. The molecule has 0 amide bonds. The van der Waals surface area contributed by atoms with Gasteiger partial charge in [-0.1, -0.05) is 0 Å². The lowest BCUT2D eigenvalue weighted by molar-refractivity contribution is 0.414. The fraction of sp³-hybridized carbons (Fsp3) is 0.111. The number of benzene rings is 2. The first-order valence-electron chi connectivity index (χ1n) is 7.42. The van der Waals surface area contributed by atoms with Crippen molar-refractivity contribution in [3.8, 4) is 17.5 Å². The Bertz CT molecular complexity index is 906. The Kier molecular flexibility index (Phi) is 4.61. The average molecular weight is 340 g/mol. The van der Waals surface area contributed by atoms with E-state index < -0.39 is 11.6 Å². The van der Waals surface area contributed by atoms with Crippen LogP contribution < -0.4 is 10.1 Å². The van der Waals surface area contributed by atoms with Crippen molar-refractivity contribution in [3.05, 3.63) is 71.6 Å². The molecule has 25 heavy (non-hydrogen) atoms. The number of anilines is 1. The zero-order valence-electron chi connectivity index (χ0n) is 13.3. The van der Waals surface area contributed by atoms with Crippen molar-refractivity contribution in [2.24, 2.45) is 0 Å². The molecule has 0 unspecified atom stereocenters. The topological polar surface area (TPSA) is 62.9 Å². The van der Waals surface area contributed by atoms with Gasteiger partial charge in [-0.25, -0.2) is 13.5 Å². The lowest BCUT2D eigenvalue weighted by Crippen LogP contribution is -2.06. The Hall–Kier alpha value is -3.40. The van der Waals surface area contributed by atoms with E-state index in [4.69, 9.17) is 10.00 Å². The minimum Gasteiger partial charge on any atom is -0.497 e. The van der Waals surface area contributed by atoms with Crippen molar-refractivity contribution in [2.45, 2.75) is 6.54 Å². The molecule has 2 aromatic carbocycles. The summed E-state index contributed by atoms with van der Waals surface area (Å²) < 4.78 is 34.5. The monoisotopic (exact) mass is 340 g/mol. The molecule has 7 heteroatoms. The Morgan fingerprint density at radius 3 is 2.44 bits per heavy atom. The summed E-state index contributed by atoms with van der Waals surface area (Å²) in [6.07, 6.45) is 1.75. The Labute approximate surface area is 143 Å². The van der Waals surface area contributed by atoms with Crippen LogP contribution in [-0.2, 0) is 6.54 Å². The zero-order chi connectivity index (χ0) is 17.8. The van der Waals surface area contributed by atoms with Gasteiger partial charge in [0.2, 0.25) is 0 Å². The molecule has 0 atom stereocenters. The van der Waals surface area contributed by atoms with E-state index in [2.05, 4.69) is 10.4 Å². The molecule has 0 fully saturated rings. The van der Waals surface area contributed by atoms with Gasteiger partial charge >= 0.3 is 0 Å².